The Labute approximate surface area is 113 Å². The largest absolute Gasteiger partial charge is 0.483 e. The van der Waals surface area contributed by atoms with Gasteiger partial charge in [-0.15, -0.1) is 0 Å². The van der Waals surface area contributed by atoms with Gasteiger partial charge in [0, 0.05) is 6.42 Å². The third-order valence-corrected chi connectivity index (χ3v) is 2.98. The Morgan fingerprint density at radius 2 is 1.79 bits per heavy atom. The van der Waals surface area contributed by atoms with Gasteiger partial charge in [-0.2, -0.15) is 0 Å². The third-order valence-electron chi connectivity index (χ3n) is 2.98. The second kappa shape index (κ2) is 6.34. The van der Waals surface area contributed by atoms with Gasteiger partial charge in [0.1, 0.15) is 6.10 Å². The monoisotopic (exact) mass is 259 g/mol. The number of halogens is 1. The Balaban J connectivity index is 2.21. The van der Waals surface area contributed by atoms with Crippen LogP contribution in [0.2, 0.25) is 0 Å². The van der Waals surface area contributed by atoms with Gasteiger partial charge >= 0.3 is 0 Å². The summed E-state index contributed by atoms with van der Waals surface area (Å²) in [5.74, 6) is -0.0850. The van der Waals surface area contributed by atoms with Crippen molar-refractivity contribution < 1.29 is 9.13 Å². The molecule has 0 heterocycles. The zero-order valence-electron chi connectivity index (χ0n) is 11.0. The molecule has 19 heavy (non-hydrogen) atoms. The Bertz CT molecular complexity index is 525. The molecule has 0 spiro atoms. The summed E-state index contributed by atoms with van der Waals surface area (Å²) in [5, 5.41) is 0. The highest BCUT2D eigenvalue weighted by Gasteiger charge is 2.14. The fraction of sp³-hybridized carbons (Fsp3) is 0.250. The van der Waals surface area contributed by atoms with Crippen LogP contribution in [0.15, 0.2) is 48.5 Å². The number of rotatable bonds is 5. The lowest BCUT2D eigenvalue weighted by Crippen LogP contribution is -2.13. The molecule has 0 bridgehead atoms. The second-order valence-corrected chi connectivity index (χ2v) is 4.52. The summed E-state index contributed by atoms with van der Waals surface area (Å²) < 4.78 is 19.4. The fourth-order valence-corrected chi connectivity index (χ4v) is 1.92. The molecular formula is C16H18FNO. The normalized spacial score (nSPS) is 12.2. The molecule has 0 radical (unpaired) electrons. The molecule has 0 aliphatic carbocycles. The number of ether oxygens (including phenoxy) is 1. The van der Waals surface area contributed by atoms with E-state index in [4.69, 9.17) is 10.5 Å². The molecule has 0 aliphatic rings. The predicted octanol–water partition coefficient (Wildman–Crippen LogP) is 3.60. The Kier molecular flexibility index (Phi) is 4.53. The van der Waals surface area contributed by atoms with Crippen LogP contribution in [0.1, 0.15) is 23.7 Å². The summed E-state index contributed by atoms with van der Waals surface area (Å²) in [6.07, 6.45) is 0.430. The molecule has 2 rings (SSSR count). The van der Waals surface area contributed by atoms with Crippen LogP contribution in [0, 0.1) is 12.7 Å². The first-order chi connectivity index (χ1) is 9.20. The highest BCUT2D eigenvalue weighted by molar-refractivity contribution is 5.27. The maximum absolute atomic E-state index is 13.6. The van der Waals surface area contributed by atoms with Crippen LogP contribution in [-0.4, -0.2) is 6.54 Å². The summed E-state index contributed by atoms with van der Waals surface area (Å²) in [7, 11) is 0. The predicted molar refractivity (Wildman–Crippen MR) is 74.6 cm³/mol. The molecule has 1 atom stereocenters. The molecule has 0 fully saturated rings. The van der Waals surface area contributed by atoms with Crippen molar-refractivity contribution in [2.45, 2.75) is 19.4 Å². The summed E-state index contributed by atoms with van der Waals surface area (Å²) in [5.41, 5.74) is 7.81. The van der Waals surface area contributed by atoms with Crippen LogP contribution >= 0.6 is 0 Å². The van der Waals surface area contributed by atoms with Gasteiger partial charge in [-0.3, -0.25) is 0 Å². The first-order valence-corrected chi connectivity index (χ1v) is 6.38. The van der Waals surface area contributed by atoms with Crippen molar-refractivity contribution in [1.82, 2.24) is 0 Å². The number of aryl methyl sites for hydroxylation is 1. The Morgan fingerprint density at radius 3 is 2.42 bits per heavy atom. The highest BCUT2D eigenvalue weighted by Crippen LogP contribution is 2.26. The molecule has 3 heteroatoms. The topological polar surface area (TPSA) is 35.2 Å². The minimum atomic E-state index is -0.350. The molecule has 0 aromatic heterocycles. The lowest BCUT2D eigenvalue weighted by molar-refractivity contribution is 0.189. The standard InChI is InChI=1S/C16H18FNO/c1-12-6-8-13(9-7-12)15(10-11-18)19-16-5-3-2-4-14(16)17/h2-9,15H,10-11,18H2,1H3. The number of hydrogen-bond acceptors (Lipinski definition) is 2. The van der Waals surface area contributed by atoms with Crippen molar-refractivity contribution in [3.05, 3.63) is 65.5 Å². The van der Waals surface area contributed by atoms with E-state index in [1.807, 2.05) is 31.2 Å². The molecule has 0 amide bonds. The smallest absolute Gasteiger partial charge is 0.165 e. The van der Waals surface area contributed by atoms with Gasteiger partial charge < -0.3 is 10.5 Å². The Hall–Kier alpha value is -1.87. The summed E-state index contributed by atoms with van der Waals surface area (Å²) in [4.78, 5) is 0. The maximum atomic E-state index is 13.6. The van der Waals surface area contributed by atoms with Crippen molar-refractivity contribution in [1.29, 1.82) is 0 Å². The maximum Gasteiger partial charge on any atom is 0.165 e. The van der Waals surface area contributed by atoms with Crippen LogP contribution < -0.4 is 10.5 Å². The van der Waals surface area contributed by atoms with Gasteiger partial charge in [0.05, 0.1) is 0 Å². The van der Waals surface area contributed by atoms with Crippen LogP contribution in [-0.2, 0) is 0 Å². The molecule has 0 saturated heterocycles. The molecule has 0 saturated carbocycles. The van der Waals surface area contributed by atoms with E-state index in [2.05, 4.69) is 0 Å². The molecule has 0 aliphatic heterocycles. The van der Waals surface area contributed by atoms with Crippen molar-refractivity contribution >= 4 is 0 Å². The SMILES string of the molecule is Cc1ccc(C(CCN)Oc2ccccc2F)cc1. The lowest BCUT2D eigenvalue weighted by Gasteiger charge is -2.19. The van der Waals surface area contributed by atoms with E-state index in [0.717, 1.165) is 5.56 Å². The van der Waals surface area contributed by atoms with E-state index in [1.165, 1.54) is 11.6 Å². The third kappa shape index (κ3) is 3.55. The van der Waals surface area contributed by atoms with Gasteiger partial charge in [-0.05, 0) is 31.2 Å². The van der Waals surface area contributed by atoms with Crippen molar-refractivity contribution in [2.24, 2.45) is 5.73 Å². The Morgan fingerprint density at radius 1 is 1.11 bits per heavy atom. The number of hydrogen-bond donors (Lipinski definition) is 1. The van der Waals surface area contributed by atoms with E-state index in [-0.39, 0.29) is 17.7 Å². The van der Waals surface area contributed by atoms with E-state index in [0.29, 0.717) is 13.0 Å². The van der Waals surface area contributed by atoms with Crippen LogP contribution in [0.3, 0.4) is 0 Å². The number of nitrogens with two attached hydrogens (primary N) is 1. The van der Waals surface area contributed by atoms with Crippen molar-refractivity contribution in [2.75, 3.05) is 6.54 Å². The van der Waals surface area contributed by atoms with Gasteiger partial charge in [0.25, 0.3) is 0 Å². The average molecular weight is 259 g/mol. The minimum Gasteiger partial charge on any atom is -0.483 e. The van der Waals surface area contributed by atoms with Gasteiger partial charge in [-0.25, -0.2) is 4.39 Å². The van der Waals surface area contributed by atoms with E-state index >= 15 is 0 Å². The van der Waals surface area contributed by atoms with Gasteiger partial charge in [0.2, 0.25) is 0 Å². The lowest BCUT2D eigenvalue weighted by atomic mass is 10.0. The molecule has 2 aromatic carbocycles. The molecule has 2 aromatic rings. The fourth-order valence-electron chi connectivity index (χ4n) is 1.92. The second-order valence-electron chi connectivity index (χ2n) is 4.52. The van der Waals surface area contributed by atoms with E-state index in [9.17, 15) is 4.39 Å². The minimum absolute atomic E-state index is 0.220. The number of para-hydroxylation sites is 1. The molecule has 2 N–H and O–H groups in total. The van der Waals surface area contributed by atoms with Gasteiger partial charge in [-0.1, -0.05) is 42.0 Å². The average Bonchev–Trinajstić information content (AvgIpc) is 2.42. The molecule has 100 valence electrons. The zero-order valence-corrected chi connectivity index (χ0v) is 11.0. The van der Waals surface area contributed by atoms with Gasteiger partial charge in [0.15, 0.2) is 11.6 Å². The zero-order chi connectivity index (χ0) is 13.7. The van der Waals surface area contributed by atoms with Crippen LogP contribution in [0.5, 0.6) is 5.75 Å². The summed E-state index contributed by atoms with van der Waals surface area (Å²) in [6.45, 7) is 2.52. The molecule has 2 nitrogen and oxygen atoms in total. The van der Waals surface area contributed by atoms with Crippen LogP contribution in [0.25, 0.3) is 0 Å². The van der Waals surface area contributed by atoms with Crippen LogP contribution in [0.4, 0.5) is 4.39 Å². The quantitative estimate of drug-likeness (QED) is 0.890. The summed E-state index contributed by atoms with van der Waals surface area (Å²) in [6, 6.07) is 14.5. The van der Waals surface area contributed by atoms with Crippen molar-refractivity contribution in [3.8, 4) is 5.75 Å². The summed E-state index contributed by atoms with van der Waals surface area (Å²) >= 11 is 0. The van der Waals surface area contributed by atoms with Crippen molar-refractivity contribution in [3.63, 3.8) is 0 Å². The molecular weight excluding hydrogens is 241 g/mol. The van der Waals surface area contributed by atoms with E-state index < -0.39 is 0 Å². The highest BCUT2D eigenvalue weighted by atomic mass is 19.1. The van der Waals surface area contributed by atoms with E-state index in [1.54, 1.807) is 18.2 Å². The molecule has 1 unspecified atom stereocenters. The first kappa shape index (κ1) is 13.6. The number of benzene rings is 2. The first-order valence-electron chi connectivity index (χ1n) is 6.38.